The van der Waals surface area contributed by atoms with Crippen molar-refractivity contribution < 1.29 is 14.2 Å². The molecule has 23 heavy (non-hydrogen) atoms. The van der Waals surface area contributed by atoms with Gasteiger partial charge in [0.15, 0.2) is 17.6 Å². The highest BCUT2D eigenvalue weighted by Crippen LogP contribution is 2.33. The summed E-state index contributed by atoms with van der Waals surface area (Å²) < 4.78 is 17.8. The number of hydrogen-bond acceptors (Lipinski definition) is 5. The molecule has 1 saturated heterocycles. The molecule has 0 spiro atoms. The zero-order chi connectivity index (χ0) is 15.9. The normalized spacial score (nSPS) is 19.1. The molecule has 1 fully saturated rings. The molecule has 1 unspecified atom stereocenters. The van der Waals surface area contributed by atoms with Gasteiger partial charge in [-0.05, 0) is 31.2 Å². The molecule has 2 aromatic rings. The van der Waals surface area contributed by atoms with E-state index in [1.807, 2.05) is 49.4 Å². The third-order valence-corrected chi connectivity index (χ3v) is 3.68. The van der Waals surface area contributed by atoms with Crippen molar-refractivity contribution in [1.29, 1.82) is 0 Å². The van der Waals surface area contributed by atoms with Gasteiger partial charge in [-0.3, -0.25) is 4.98 Å². The molecule has 1 aliphatic heterocycles. The summed E-state index contributed by atoms with van der Waals surface area (Å²) in [6.45, 7) is 4.82. The number of rotatable bonds is 6. The third kappa shape index (κ3) is 4.00. The largest absolute Gasteiger partial charge is 0.490 e. The van der Waals surface area contributed by atoms with Crippen molar-refractivity contribution in [2.24, 2.45) is 0 Å². The van der Waals surface area contributed by atoms with Gasteiger partial charge in [-0.15, -0.1) is 0 Å². The molecule has 5 nitrogen and oxygen atoms in total. The van der Waals surface area contributed by atoms with Crippen LogP contribution in [0.1, 0.15) is 18.7 Å². The van der Waals surface area contributed by atoms with Crippen LogP contribution < -0.4 is 14.8 Å². The fraction of sp³-hybridized carbons (Fsp3) is 0.389. The first-order valence-corrected chi connectivity index (χ1v) is 8.00. The molecule has 0 amide bonds. The van der Waals surface area contributed by atoms with E-state index >= 15 is 0 Å². The van der Waals surface area contributed by atoms with Gasteiger partial charge in [0.05, 0.1) is 18.9 Å². The van der Waals surface area contributed by atoms with Crippen LogP contribution in [0.2, 0.25) is 0 Å². The van der Waals surface area contributed by atoms with Crippen LogP contribution in [0.25, 0.3) is 0 Å². The first-order chi connectivity index (χ1) is 11.4. The van der Waals surface area contributed by atoms with Crippen LogP contribution in [-0.2, 0) is 4.74 Å². The number of hydrogen-bond donors (Lipinski definition) is 1. The van der Waals surface area contributed by atoms with Crippen LogP contribution in [0, 0.1) is 0 Å². The van der Waals surface area contributed by atoms with Crippen molar-refractivity contribution in [1.82, 2.24) is 10.3 Å². The predicted octanol–water partition coefficient (Wildman–Crippen LogP) is 2.59. The number of nitrogens with zero attached hydrogens (tertiary/aromatic N) is 1. The van der Waals surface area contributed by atoms with Gasteiger partial charge in [-0.1, -0.05) is 18.2 Å². The van der Waals surface area contributed by atoms with Gasteiger partial charge < -0.3 is 19.5 Å². The molecule has 122 valence electrons. The highest BCUT2D eigenvalue weighted by atomic mass is 16.6. The van der Waals surface area contributed by atoms with E-state index in [-0.39, 0.29) is 12.2 Å². The van der Waals surface area contributed by atoms with Crippen molar-refractivity contribution in [2.45, 2.75) is 19.1 Å². The fourth-order valence-corrected chi connectivity index (χ4v) is 2.61. The first-order valence-electron chi connectivity index (χ1n) is 8.00. The molecule has 0 aliphatic carbocycles. The molecule has 1 N–H and O–H groups in total. The maximum atomic E-state index is 6.27. The lowest BCUT2D eigenvalue weighted by Crippen LogP contribution is -2.43. The van der Waals surface area contributed by atoms with E-state index in [0.29, 0.717) is 19.0 Å². The Kier molecular flexibility index (Phi) is 5.45. The summed E-state index contributed by atoms with van der Waals surface area (Å²) in [7, 11) is 0. The van der Waals surface area contributed by atoms with E-state index in [9.17, 15) is 0 Å². The minimum atomic E-state index is -0.286. The smallest absolute Gasteiger partial charge is 0.168 e. The Morgan fingerprint density at radius 3 is 2.74 bits per heavy atom. The van der Waals surface area contributed by atoms with Crippen LogP contribution in [0.3, 0.4) is 0 Å². The summed E-state index contributed by atoms with van der Waals surface area (Å²) in [6, 6.07) is 13.5. The van der Waals surface area contributed by atoms with Gasteiger partial charge in [0.1, 0.15) is 6.10 Å². The van der Waals surface area contributed by atoms with Crippen LogP contribution in [-0.4, -0.2) is 37.4 Å². The predicted molar refractivity (Wildman–Crippen MR) is 87.8 cm³/mol. The topological polar surface area (TPSA) is 52.6 Å². The summed E-state index contributed by atoms with van der Waals surface area (Å²) in [5.41, 5.74) is 0.854. The van der Waals surface area contributed by atoms with E-state index in [2.05, 4.69) is 10.3 Å². The average Bonchev–Trinajstić information content (AvgIpc) is 2.63. The maximum absolute atomic E-state index is 6.27. The summed E-state index contributed by atoms with van der Waals surface area (Å²) in [5, 5.41) is 3.35. The zero-order valence-electron chi connectivity index (χ0n) is 13.3. The lowest BCUT2D eigenvalue weighted by atomic mass is 10.1. The first kappa shape index (κ1) is 15.8. The van der Waals surface area contributed by atoms with Gasteiger partial charge in [0, 0.05) is 19.3 Å². The Balaban J connectivity index is 1.86. The van der Waals surface area contributed by atoms with Crippen molar-refractivity contribution in [3.63, 3.8) is 0 Å². The van der Waals surface area contributed by atoms with Gasteiger partial charge >= 0.3 is 0 Å². The van der Waals surface area contributed by atoms with Crippen LogP contribution in [0.4, 0.5) is 0 Å². The summed E-state index contributed by atoms with van der Waals surface area (Å²) in [6.07, 6.45) is 1.40. The second-order valence-corrected chi connectivity index (χ2v) is 5.29. The molecular formula is C18H22N2O3. The highest BCUT2D eigenvalue weighted by molar-refractivity contribution is 5.40. The molecular weight excluding hydrogens is 292 g/mol. The Labute approximate surface area is 136 Å². The SMILES string of the molecule is CCOc1ccccc1O[C@@H](c1ccccn1)C1CNCCO1. The summed E-state index contributed by atoms with van der Waals surface area (Å²) in [5.74, 6) is 1.44. The number of aromatic nitrogens is 1. The molecule has 0 saturated carbocycles. The number of ether oxygens (including phenoxy) is 3. The molecule has 1 aromatic carbocycles. The maximum Gasteiger partial charge on any atom is 0.168 e. The highest BCUT2D eigenvalue weighted by Gasteiger charge is 2.29. The van der Waals surface area contributed by atoms with E-state index in [1.165, 1.54) is 0 Å². The molecule has 2 atom stereocenters. The van der Waals surface area contributed by atoms with Crippen molar-refractivity contribution >= 4 is 0 Å². The van der Waals surface area contributed by atoms with Crippen LogP contribution in [0.5, 0.6) is 11.5 Å². The number of para-hydroxylation sites is 2. The van der Waals surface area contributed by atoms with Gasteiger partial charge in [0.25, 0.3) is 0 Å². The monoisotopic (exact) mass is 314 g/mol. The molecule has 3 rings (SSSR count). The molecule has 2 heterocycles. The lowest BCUT2D eigenvalue weighted by molar-refractivity contribution is -0.0453. The second kappa shape index (κ2) is 7.94. The zero-order valence-corrected chi connectivity index (χ0v) is 13.3. The quantitative estimate of drug-likeness (QED) is 0.888. The van der Waals surface area contributed by atoms with Gasteiger partial charge in [-0.2, -0.15) is 0 Å². The van der Waals surface area contributed by atoms with Crippen molar-refractivity contribution in [3.8, 4) is 11.5 Å². The number of pyridine rings is 1. The fourth-order valence-electron chi connectivity index (χ4n) is 2.61. The van der Waals surface area contributed by atoms with Crippen molar-refractivity contribution in [2.75, 3.05) is 26.3 Å². The molecule has 1 aliphatic rings. The van der Waals surface area contributed by atoms with E-state index in [4.69, 9.17) is 14.2 Å². The molecule has 1 aromatic heterocycles. The Morgan fingerprint density at radius 1 is 1.22 bits per heavy atom. The van der Waals surface area contributed by atoms with Crippen molar-refractivity contribution in [3.05, 3.63) is 54.4 Å². The van der Waals surface area contributed by atoms with E-state index in [1.54, 1.807) is 6.20 Å². The number of morpholine rings is 1. The Bertz CT molecular complexity index is 600. The standard InChI is InChI=1S/C18H22N2O3/c1-2-21-15-8-3-4-9-16(15)23-18(14-7-5-6-10-20-14)17-13-19-11-12-22-17/h3-10,17-19H,2,11-13H2,1H3/t17?,18-/m0/s1. The van der Waals surface area contributed by atoms with Gasteiger partial charge in [0.2, 0.25) is 0 Å². The molecule has 5 heteroatoms. The van der Waals surface area contributed by atoms with Gasteiger partial charge in [-0.25, -0.2) is 0 Å². The number of nitrogens with one attached hydrogen (secondary N) is 1. The number of benzene rings is 1. The molecule has 0 radical (unpaired) electrons. The third-order valence-electron chi connectivity index (χ3n) is 3.68. The summed E-state index contributed by atoms with van der Waals surface area (Å²) in [4.78, 5) is 4.45. The van der Waals surface area contributed by atoms with Crippen LogP contribution in [0.15, 0.2) is 48.7 Å². The van der Waals surface area contributed by atoms with E-state index in [0.717, 1.165) is 24.5 Å². The lowest BCUT2D eigenvalue weighted by Gasteiger charge is -2.31. The van der Waals surface area contributed by atoms with Crippen LogP contribution >= 0.6 is 0 Å². The van der Waals surface area contributed by atoms with E-state index < -0.39 is 0 Å². The second-order valence-electron chi connectivity index (χ2n) is 5.29. The Morgan fingerprint density at radius 2 is 2.04 bits per heavy atom. The Hall–Kier alpha value is -2.11. The average molecular weight is 314 g/mol. The molecule has 0 bridgehead atoms. The minimum absolute atomic E-state index is 0.0895. The minimum Gasteiger partial charge on any atom is -0.490 e. The summed E-state index contributed by atoms with van der Waals surface area (Å²) >= 11 is 0.